The van der Waals surface area contributed by atoms with Crippen molar-refractivity contribution in [3.8, 4) is 11.5 Å². The van der Waals surface area contributed by atoms with E-state index in [1.807, 2.05) is 0 Å². The number of aromatic hydroxyl groups is 2. The third-order valence-corrected chi connectivity index (χ3v) is 2.29. The summed E-state index contributed by atoms with van der Waals surface area (Å²) in [5, 5.41) is 39.8. The molecule has 15 heavy (non-hydrogen) atoms. The zero-order chi connectivity index (χ0) is 11.4. The molecule has 0 fully saturated rings. The molecule has 2 atom stereocenters. The molecule has 0 saturated carbocycles. The number of hydrogen-bond donors (Lipinski definition) is 5. The Hall–Kier alpha value is -1.30. The van der Waals surface area contributed by atoms with E-state index in [0.717, 1.165) is 0 Å². The molecule has 1 rings (SSSR count). The molecule has 84 valence electrons. The van der Waals surface area contributed by atoms with Crippen LogP contribution in [0.25, 0.3) is 0 Å². The van der Waals surface area contributed by atoms with Crippen LogP contribution in [0, 0.1) is 0 Å². The normalized spacial score (nSPS) is 14.9. The molecule has 5 heteroatoms. The van der Waals surface area contributed by atoms with E-state index in [2.05, 4.69) is 5.32 Å². The minimum Gasteiger partial charge on any atom is -0.504 e. The predicted octanol–water partition coefficient (Wildman–Crippen LogP) is -0.289. The van der Waals surface area contributed by atoms with Crippen molar-refractivity contribution in [2.24, 2.45) is 0 Å². The van der Waals surface area contributed by atoms with E-state index in [0.29, 0.717) is 5.56 Å². The van der Waals surface area contributed by atoms with Crippen LogP contribution in [0.15, 0.2) is 18.2 Å². The van der Waals surface area contributed by atoms with Crippen LogP contribution in [-0.4, -0.2) is 40.1 Å². The Balaban J connectivity index is 2.90. The number of aliphatic hydroxyl groups is 2. The van der Waals surface area contributed by atoms with Crippen molar-refractivity contribution in [2.45, 2.75) is 12.1 Å². The summed E-state index contributed by atoms with van der Waals surface area (Å²) < 4.78 is 0. The quantitative estimate of drug-likeness (QED) is 0.443. The van der Waals surface area contributed by atoms with E-state index in [9.17, 15) is 10.2 Å². The molecule has 5 nitrogen and oxygen atoms in total. The molecule has 0 aliphatic heterocycles. The van der Waals surface area contributed by atoms with E-state index >= 15 is 0 Å². The fourth-order valence-corrected chi connectivity index (χ4v) is 1.31. The molecule has 0 radical (unpaired) electrons. The molecule has 2 unspecified atom stereocenters. The molecule has 0 heterocycles. The highest BCUT2D eigenvalue weighted by molar-refractivity contribution is 5.41. The Labute approximate surface area is 87.6 Å². The monoisotopic (exact) mass is 213 g/mol. The minimum atomic E-state index is -0.938. The highest BCUT2D eigenvalue weighted by atomic mass is 16.3. The number of aliphatic hydroxyl groups excluding tert-OH is 2. The van der Waals surface area contributed by atoms with Gasteiger partial charge in [0.05, 0.1) is 18.8 Å². The molecule has 0 aliphatic carbocycles. The molecule has 0 aliphatic rings. The van der Waals surface area contributed by atoms with Crippen LogP contribution in [0.3, 0.4) is 0 Å². The predicted molar refractivity (Wildman–Crippen MR) is 54.7 cm³/mol. The number of phenolic OH excluding ortho intramolecular Hbond substituents is 2. The van der Waals surface area contributed by atoms with Gasteiger partial charge in [0.15, 0.2) is 11.5 Å². The molecule has 0 spiro atoms. The lowest BCUT2D eigenvalue weighted by molar-refractivity contribution is 0.0940. The minimum absolute atomic E-state index is 0.223. The maximum atomic E-state index is 9.78. The van der Waals surface area contributed by atoms with Crippen molar-refractivity contribution in [2.75, 3.05) is 13.7 Å². The number of phenols is 2. The van der Waals surface area contributed by atoms with Crippen LogP contribution in [0.5, 0.6) is 11.5 Å². The Bertz CT molecular complexity index is 325. The number of nitrogens with one attached hydrogen (secondary N) is 1. The fraction of sp³-hybridized carbons (Fsp3) is 0.400. The van der Waals surface area contributed by atoms with Crippen molar-refractivity contribution in [1.29, 1.82) is 0 Å². The first kappa shape index (κ1) is 11.8. The largest absolute Gasteiger partial charge is 0.504 e. The second-order valence-electron chi connectivity index (χ2n) is 3.27. The van der Waals surface area contributed by atoms with E-state index < -0.39 is 12.1 Å². The molecular formula is C10H15NO4. The van der Waals surface area contributed by atoms with E-state index in [4.69, 9.17) is 10.2 Å². The molecule has 0 amide bonds. The van der Waals surface area contributed by atoms with Crippen LogP contribution in [0.1, 0.15) is 11.7 Å². The molecule has 1 aromatic carbocycles. The van der Waals surface area contributed by atoms with E-state index in [1.165, 1.54) is 18.2 Å². The van der Waals surface area contributed by atoms with Gasteiger partial charge in [-0.2, -0.15) is 0 Å². The van der Waals surface area contributed by atoms with Gasteiger partial charge in [0.25, 0.3) is 0 Å². The van der Waals surface area contributed by atoms with Crippen LogP contribution < -0.4 is 5.32 Å². The van der Waals surface area contributed by atoms with Gasteiger partial charge in [-0.3, -0.25) is 0 Å². The van der Waals surface area contributed by atoms with Gasteiger partial charge in [-0.25, -0.2) is 0 Å². The smallest absolute Gasteiger partial charge is 0.157 e. The summed E-state index contributed by atoms with van der Waals surface area (Å²) in [6.45, 7) is -0.223. The van der Waals surface area contributed by atoms with Gasteiger partial charge < -0.3 is 25.7 Å². The third kappa shape index (κ3) is 2.59. The summed E-state index contributed by atoms with van der Waals surface area (Å²) in [6.07, 6.45) is -0.938. The molecule has 1 aromatic rings. The lowest BCUT2D eigenvalue weighted by Crippen LogP contribution is -2.35. The van der Waals surface area contributed by atoms with E-state index in [1.54, 1.807) is 7.05 Å². The number of hydrogen-bond acceptors (Lipinski definition) is 5. The van der Waals surface area contributed by atoms with Crippen LogP contribution in [-0.2, 0) is 0 Å². The fourth-order valence-electron chi connectivity index (χ4n) is 1.31. The average molecular weight is 213 g/mol. The van der Waals surface area contributed by atoms with Crippen LogP contribution >= 0.6 is 0 Å². The van der Waals surface area contributed by atoms with Crippen molar-refractivity contribution >= 4 is 0 Å². The van der Waals surface area contributed by atoms with Crippen LogP contribution in [0.4, 0.5) is 0 Å². The topological polar surface area (TPSA) is 93.0 Å². The lowest BCUT2D eigenvalue weighted by Gasteiger charge is -2.20. The third-order valence-electron chi connectivity index (χ3n) is 2.29. The lowest BCUT2D eigenvalue weighted by atomic mass is 10.0. The first-order valence-corrected chi connectivity index (χ1v) is 4.58. The Morgan fingerprint density at radius 2 is 1.93 bits per heavy atom. The van der Waals surface area contributed by atoms with Crippen molar-refractivity contribution in [1.82, 2.24) is 5.32 Å². The Morgan fingerprint density at radius 3 is 2.40 bits per heavy atom. The van der Waals surface area contributed by atoms with Crippen molar-refractivity contribution in [3.63, 3.8) is 0 Å². The second-order valence-corrected chi connectivity index (χ2v) is 3.27. The highest BCUT2D eigenvalue weighted by Gasteiger charge is 2.19. The maximum absolute atomic E-state index is 9.78. The zero-order valence-corrected chi connectivity index (χ0v) is 8.38. The number of rotatable bonds is 4. The van der Waals surface area contributed by atoms with E-state index in [-0.39, 0.29) is 18.1 Å². The van der Waals surface area contributed by atoms with Gasteiger partial charge >= 0.3 is 0 Å². The van der Waals surface area contributed by atoms with Gasteiger partial charge in [-0.15, -0.1) is 0 Å². The molecule has 5 N–H and O–H groups in total. The average Bonchev–Trinajstić information content (AvgIpc) is 2.23. The standard InChI is InChI=1S/C10H15NO4/c1-11-7(5-12)10(15)6-2-3-8(13)9(14)4-6/h2-4,7,10-15H,5H2,1H3. The summed E-state index contributed by atoms with van der Waals surface area (Å²) >= 11 is 0. The van der Waals surface area contributed by atoms with Gasteiger partial charge in [0.2, 0.25) is 0 Å². The van der Waals surface area contributed by atoms with Crippen LogP contribution in [0.2, 0.25) is 0 Å². The molecule has 0 aromatic heterocycles. The van der Waals surface area contributed by atoms with Gasteiger partial charge in [0, 0.05) is 0 Å². The van der Waals surface area contributed by atoms with Gasteiger partial charge in [-0.1, -0.05) is 6.07 Å². The first-order chi connectivity index (χ1) is 7.10. The molecular weight excluding hydrogens is 198 g/mol. The maximum Gasteiger partial charge on any atom is 0.157 e. The summed E-state index contributed by atoms with van der Waals surface area (Å²) in [7, 11) is 1.62. The van der Waals surface area contributed by atoms with Crippen molar-refractivity contribution < 1.29 is 20.4 Å². The molecule has 0 saturated heterocycles. The zero-order valence-electron chi connectivity index (χ0n) is 8.38. The molecule has 0 bridgehead atoms. The first-order valence-electron chi connectivity index (χ1n) is 4.58. The number of likely N-dealkylation sites (N-methyl/N-ethyl adjacent to an activating group) is 1. The summed E-state index contributed by atoms with van der Waals surface area (Å²) in [4.78, 5) is 0. The van der Waals surface area contributed by atoms with Gasteiger partial charge in [0.1, 0.15) is 0 Å². The SMILES string of the molecule is CNC(CO)C(O)c1ccc(O)c(O)c1. The second kappa shape index (κ2) is 4.97. The Morgan fingerprint density at radius 1 is 1.27 bits per heavy atom. The summed E-state index contributed by atoms with van der Waals surface area (Å²) in [5.74, 6) is -0.532. The highest BCUT2D eigenvalue weighted by Crippen LogP contribution is 2.28. The Kier molecular flexibility index (Phi) is 3.90. The summed E-state index contributed by atoms with van der Waals surface area (Å²) in [6, 6.07) is 3.53. The number of benzene rings is 1. The van der Waals surface area contributed by atoms with Gasteiger partial charge in [-0.05, 0) is 24.7 Å². The summed E-state index contributed by atoms with van der Waals surface area (Å²) in [5.41, 5.74) is 0.429. The van der Waals surface area contributed by atoms with Crippen molar-refractivity contribution in [3.05, 3.63) is 23.8 Å².